The van der Waals surface area contributed by atoms with Crippen molar-refractivity contribution in [1.29, 1.82) is 0 Å². The number of sulfonamides is 1. The van der Waals surface area contributed by atoms with Gasteiger partial charge in [0, 0.05) is 25.3 Å². The van der Waals surface area contributed by atoms with Crippen LogP contribution in [0.15, 0.2) is 53.4 Å². The normalized spacial score (nSPS) is 16.4. The second-order valence-electron chi connectivity index (χ2n) is 8.44. The molecule has 1 aromatic heterocycles. The number of hydrogen-bond acceptors (Lipinski definition) is 6. The van der Waals surface area contributed by atoms with E-state index in [9.17, 15) is 13.2 Å². The first kappa shape index (κ1) is 24.8. The summed E-state index contributed by atoms with van der Waals surface area (Å²) in [4.78, 5) is 20.2. The minimum Gasteiger partial charge on any atom is -0.376 e. The molecule has 0 bridgehead atoms. The molecular formula is C25H31N3O4S2. The number of carbonyl (C=O) groups excluding carboxylic acids is 1. The van der Waals surface area contributed by atoms with Gasteiger partial charge in [0.25, 0.3) is 5.91 Å². The summed E-state index contributed by atoms with van der Waals surface area (Å²) in [6.07, 6.45) is 3.33. The van der Waals surface area contributed by atoms with Crippen LogP contribution in [0.5, 0.6) is 0 Å². The molecule has 34 heavy (non-hydrogen) atoms. The highest BCUT2D eigenvalue weighted by Gasteiger charge is 2.28. The first-order valence-corrected chi connectivity index (χ1v) is 14.1. The Morgan fingerprint density at radius 2 is 1.79 bits per heavy atom. The van der Waals surface area contributed by atoms with Gasteiger partial charge >= 0.3 is 0 Å². The number of amides is 1. The van der Waals surface area contributed by atoms with E-state index in [0.717, 1.165) is 35.9 Å². The molecule has 3 aromatic rings. The van der Waals surface area contributed by atoms with Gasteiger partial charge < -0.3 is 4.74 Å². The van der Waals surface area contributed by atoms with Crippen LogP contribution >= 0.6 is 11.3 Å². The fourth-order valence-electron chi connectivity index (χ4n) is 4.14. The zero-order chi connectivity index (χ0) is 24.1. The summed E-state index contributed by atoms with van der Waals surface area (Å²) in [7, 11) is -3.60. The number of rotatable bonds is 10. The molecule has 1 atom stereocenters. The van der Waals surface area contributed by atoms with Crippen LogP contribution in [0.25, 0.3) is 10.2 Å². The van der Waals surface area contributed by atoms with Crippen LogP contribution in [-0.4, -0.2) is 56.0 Å². The van der Waals surface area contributed by atoms with Crippen LogP contribution in [0.1, 0.15) is 49.9 Å². The Bertz CT molecular complexity index is 1180. The highest BCUT2D eigenvalue weighted by molar-refractivity contribution is 7.89. The third-order valence-electron chi connectivity index (χ3n) is 5.85. The number of aromatic nitrogens is 1. The van der Waals surface area contributed by atoms with Crippen molar-refractivity contribution in [3.8, 4) is 0 Å². The smallest absolute Gasteiger partial charge is 0.260 e. The minimum atomic E-state index is -3.60. The molecule has 1 amide bonds. The quantitative estimate of drug-likeness (QED) is 0.393. The van der Waals surface area contributed by atoms with Gasteiger partial charge in [0.15, 0.2) is 5.13 Å². The molecule has 0 saturated carbocycles. The number of anilines is 1. The van der Waals surface area contributed by atoms with E-state index in [0.29, 0.717) is 36.9 Å². The summed E-state index contributed by atoms with van der Waals surface area (Å²) < 4.78 is 34.5. The Balaban J connectivity index is 1.62. The van der Waals surface area contributed by atoms with Crippen LogP contribution in [0, 0.1) is 0 Å². The van der Waals surface area contributed by atoms with Crippen molar-refractivity contribution >= 4 is 42.6 Å². The number of nitrogens with zero attached hydrogens (tertiary/aromatic N) is 3. The molecule has 7 nitrogen and oxygen atoms in total. The topological polar surface area (TPSA) is 79.8 Å². The predicted octanol–water partition coefficient (Wildman–Crippen LogP) is 4.93. The fourth-order valence-corrected chi connectivity index (χ4v) is 6.74. The lowest BCUT2D eigenvalue weighted by Gasteiger charge is -2.23. The van der Waals surface area contributed by atoms with Crippen LogP contribution in [0.2, 0.25) is 0 Å². The number of fused-ring (bicyclic) bond motifs is 1. The van der Waals surface area contributed by atoms with E-state index < -0.39 is 10.0 Å². The highest BCUT2D eigenvalue weighted by atomic mass is 32.2. The number of carbonyl (C=O) groups is 1. The maximum absolute atomic E-state index is 13.6. The van der Waals surface area contributed by atoms with Crippen LogP contribution in [0.3, 0.4) is 0 Å². The van der Waals surface area contributed by atoms with E-state index >= 15 is 0 Å². The molecule has 0 aliphatic carbocycles. The summed E-state index contributed by atoms with van der Waals surface area (Å²) in [5.74, 6) is -0.211. The molecule has 1 aliphatic rings. The van der Waals surface area contributed by atoms with E-state index in [1.54, 1.807) is 17.0 Å². The second kappa shape index (κ2) is 10.9. The van der Waals surface area contributed by atoms with Gasteiger partial charge in [-0.15, -0.1) is 0 Å². The zero-order valence-electron chi connectivity index (χ0n) is 19.6. The summed E-state index contributed by atoms with van der Waals surface area (Å²) in [5, 5.41) is 0.621. The number of para-hydroxylation sites is 1. The van der Waals surface area contributed by atoms with Gasteiger partial charge in [-0.25, -0.2) is 13.4 Å². The molecule has 0 spiro atoms. The first-order chi connectivity index (χ1) is 16.4. The SMILES string of the molecule is CCCN(CCC)S(=O)(=O)c1ccc(C(=O)N(CC2CCCO2)c2nc3ccccc3s2)cc1. The number of thiazole rings is 1. The van der Waals surface area contributed by atoms with E-state index in [1.807, 2.05) is 38.1 Å². The molecule has 1 aliphatic heterocycles. The van der Waals surface area contributed by atoms with E-state index in [4.69, 9.17) is 4.74 Å². The predicted molar refractivity (Wildman–Crippen MR) is 136 cm³/mol. The molecule has 4 rings (SSSR count). The first-order valence-electron chi connectivity index (χ1n) is 11.8. The van der Waals surface area contributed by atoms with Crippen molar-refractivity contribution in [2.75, 3.05) is 31.1 Å². The van der Waals surface area contributed by atoms with Crippen LogP contribution < -0.4 is 4.90 Å². The molecule has 0 N–H and O–H groups in total. The van der Waals surface area contributed by atoms with Gasteiger partial charge in [-0.05, 0) is 62.1 Å². The van der Waals surface area contributed by atoms with Gasteiger partial charge in [0.05, 0.1) is 27.8 Å². The van der Waals surface area contributed by atoms with Gasteiger partial charge in [-0.2, -0.15) is 4.31 Å². The molecule has 2 aromatic carbocycles. The number of benzene rings is 2. The third-order valence-corrected chi connectivity index (χ3v) is 8.83. The summed E-state index contributed by atoms with van der Waals surface area (Å²) >= 11 is 1.47. The van der Waals surface area contributed by atoms with Crippen molar-refractivity contribution in [2.24, 2.45) is 0 Å². The molecule has 2 heterocycles. The van der Waals surface area contributed by atoms with Crippen molar-refractivity contribution in [3.63, 3.8) is 0 Å². The van der Waals surface area contributed by atoms with Gasteiger partial charge in [-0.3, -0.25) is 9.69 Å². The minimum absolute atomic E-state index is 0.0349. The number of ether oxygens (including phenoxy) is 1. The largest absolute Gasteiger partial charge is 0.376 e. The Morgan fingerprint density at radius 3 is 2.41 bits per heavy atom. The van der Waals surface area contributed by atoms with Crippen LogP contribution in [-0.2, 0) is 14.8 Å². The van der Waals surface area contributed by atoms with E-state index in [1.165, 1.54) is 27.8 Å². The number of hydrogen-bond donors (Lipinski definition) is 0. The molecule has 9 heteroatoms. The Hall–Kier alpha value is -2.33. The fraction of sp³-hybridized carbons (Fsp3) is 0.440. The summed E-state index contributed by atoms with van der Waals surface area (Å²) in [5.41, 5.74) is 1.27. The molecule has 182 valence electrons. The highest BCUT2D eigenvalue weighted by Crippen LogP contribution is 2.31. The van der Waals surface area contributed by atoms with Crippen molar-refractivity contribution in [1.82, 2.24) is 9.29 Å². The average Bonchev–Trinajstić information content (AvgIpc) is 3.51. The molecule has 0 radical (unpaired) electrons. The molecule has 1 unspecified atom stereocenters. The summed E-state index contributed by atoms with van der Waals surface area (Å²) in [6.45, 7) is 5.99. The Kier molecular flexibility index (Phi) is 7.98. The van der Waals surface area contributed by atoms with Crippen LogP contribution in [0.4, 0.5) is 5.13 Å². The summed E-state index contributed by atoms with van der Waals surface area (Å²) in [6, 6.07) is 14.1. The van der Waals surface area contributed by atoms with Crippen molar-refractivity contribution in [2.45, 2.75) is 50.5 Å². The third kappa shape index (κ3) is 5.33. The Morgan fingerprint density at radius 1 is 1.09 bits per heavy atom. The van der Waals surface area contributed by atoms with Gasteiger partial charge in [-0.1, -0.05) is 37.3 Å². The second-order valence-corrected chi connectivity index (χ2v) is 11.4. The monoisotopic (exact) mass is 501 g/mol. The van der Waals surface area contributed by atoms with Crippen molar-refractivity contribution < 1.29 is 17.9 Å². The molecular weight excluding hydrogens is 470 g/mol. The van der Waals surface area contributed by atoms with Gasteiger partial charge in [0.1, 0.15) is 0 Å². The van der Waals surface area contributed by atoms with Crippen molar-refractivity contribution in [3.05, 3.63) is 54.1 Å². The maximum Gasteiger partial charge on any atom is 0.260 e. The lowest BCUT2D eigenvalue weighted by molar-refractivity contribution is 0.0917. The molecule has 1 saturated heterocycles. The van der Waals surface area contributed by atoms with Gasteiger partial charge in [0.2, 0.25) is 10.0 Å². The lowest BCUT2D eigenvalue weighted by Crippen LogP contribution is -2.37. The standard InChI is InChI=1S/C25H31N3O4S2/c1-3-15-27(16-4-2)34(30,31)21-13-11-19(12-14-21)24(29)28(18-20-8-7-17-32-20)25-26-22-9-5-6-10-23(22)33-25/h5-6,9-14,20H,3-4,7-8,15-18H2,1-2H3. The molecule has 1 fully saturated rings. The van der Waals surface area contributed by atoms with E-state index in [-0.39, 0.29) is 16.9 Å². The zero-order valence-corrected chi connectivity index (χ0v) is 21.3. The lowest BCUT2D eigenvalue weighted by atomic mass is 10.2. The van der Waals surface area contributed by atoms with E-state index in [2.05, 4.69) is 4.98 Å². The maximum atomic E-state index is 13.6. The average molecular weight is 502 g/mol. The Labute approximate surface area is 205 Å².